The van der Waals surface area contributed by atoms with E-state index in [0.29, 0.717) is 21.8 Å². The number of ether oxygens (including phenoxy) is 5. The van der Waals surface area contributed by atoms with Gasteiger partial charge < -0.3 is 47.5 Å². The fraction of sp³-hybridized carbons (Fsp3) is 0.622. The van der Waals surface area contributed by atoms with Crippen molar-refractivity contribution in [2.24, 2.45) is 0 Å². The lowest BCUT2D eigenvalue weighted by Crippen LogP contribution is -2.47. The maximum atomic E-state index is 14.4. The van der Waals surface area contributed by atoms with Crippen LogP contribution in [-0.4, -0.2) is 151 Å². The van der Waals surface area contributed by atoms with Gasteiger partial charge in [0.2, 0.25) is 46.7 Å². The first-order valence-electron chi connectivity index (χ1n) is 20.5. The first-order chi connectivity index (χ1) is 32.8. The standard InChI is InChI=1S/C12H16F2IN2O6P.C12H17F2N2O7P.C9H7F2NO3.C4H11O3P/c1-3-22-24(2,20)6-21-9-8(15)12(13,14)10(23-9)17-5-4-7(18)16-11(17)19;1-3-22-24(2,20)6-21-9-8(18)12(13,14)10(23-9)16-5-4-7(17)15-11(16)19;10-9(11)2-4-15-8(9)12-3-1-6(13)5-7(12)14;1-3-7-8(2,6)4-5/h4-5,8-10H,3,6H2,1-2H3,(H,16,18,19);4-5,8-10,18H,3,6H2,1-2H3,(H,15,17,19);1-4,8H,5H2;5H,3-4H2,1-2H3. The van der Waals surface area contributed by atoms with Crippen LogP contribution in [0.2, 0.25) is 0 Å². The van der Waals surface area contributed by atoms with Crippen molar-refractivity contribution in [3.63, 3.8) is 0 Å². The minimum atomic E-state index is -3.88. The molecule has 0 aliphatic carbocycles. The monoisotopic (exact) mass is 1200 g/mol. The average Bonchev–Trinajstić information content (AvgIpc) is 3.81. The van der Waals surface area contributed by atoms with Crippen molar-refractivity contribution < 1.29 is 97.1 Å². The number of rotatable bonds is 16. The molecule has 6 rings (SSSR count). The third-order valence-electron chi connectivity index (χ3n) is 9.18. The van der Waals surface area contributed by atoms with Crippen LogP contribution in [0.3, 0.4) is 0 Å². The Bertz CT molecular complexity index is 2490. The lowest BCUT2D eigenvalue weighted by Gasteiger charge is -2.29. The summed E-state index contributed by atoms with van der Waals surface area (Å²) in [6, 6.07) is 1.79. The van der Waals surface area contributed by atoms with Crippen LogP contribution in [0.4, 0.5) is 26.3 Å². The predicted molar refractivity (Wildman–Crippen MR) is 243 cm³/mol. The number of nitrogens with zero attached hydrogens (tertiary/aromatic N) is 3. The van der Waals surface area contributed by atoms with Gasteiger partial charge in [0.05, 0.1) is 32.5 Å². The maximum Gasteiger partial charge on any atom is 0.330 e. The number of allylic oxidation sites excluding steroid dienone is 1. The lowest BCUT2D eigenvalue weighted by molar-refractivity contribution is -0.169. The number of halogens is 7. The number of aliphatic hydroxyl groups is 2. The van der Waals surface area contributed by atoms with E-state index in [1.807, 2.05) is 9.97 Å². The molecule has 4 N–H and O–H groups in total. The number of alkyl halides is 7. The summed E-state index contributed by atoms with van der Waals surface area (Å²) in [7, 11) is -8.90. The van der Waals surface area contributed by atoms with Gasteiger partial charge in [0, 0.05) is 56.8 Å². The quantitative estimate of drug-likeness (QED) is 0.0611. The van der Waals surface area contributed by atoms with Crippen molar-refractivity contribution in [3.8, 4) is 0 Å². The first kappa shape index (κ1) is 61.7. The highest BCUT2D eigenvalue weighted by molar-refractivity contribution is 14.1. The van der Waals surface area contributed by atoms with E-state index in [-0.39, 0.29) is 19.6 Å². The Hall–Kier alpha value is -3.58. The second-order valence-electron chi connectivity index (χ2n) is 15.2. The number of hydrogen-bond acceptors (Lipinski definition) is 19. The van der Waals surface area contributed by atoms with E-state index in [1.165, 1.54) is 42.6 Å². The van der Waals surface area contributed by atoms with E-state index in [4.69, 9.17) is 33.1 Å². The number of aromatic amines is 2. The number of ketones is 1. The van der Waals surface area contributed by atoms with Crippen molar-refractivity contribution >= 4 is 56.4 Å². The molecule has 0 radical (unpaired) electrons. The summed E-state index contributed by atoms with van der Waals surface area (Å²) in [4.78, 5) is 72.0. The van der Waals surface area contributed by atoms with E-state index in [1.54, 1.807) is 20.8 Å². The molecule has 4 aliphatic heterocycles. The molecular weight excluding hydrogens is 1150 g/mol. The van der Waals surface area contributed by atoms with Crippen molar-refractivity contribution in [1.82, 2.24) is 24.0 Å². The van der Waals surface area contributed by atoms with Crippen LogP contribution in [0, 0.1) is 0 Å². The van der Waals surface area contributed by atoms with Crippen LogP contribution in [0.15, 0.2) is 68.3 Å². The molecule has 402 valence electrons. The fourth-order valence-corrected chi connectivity index (χ4v) is 9.33. The Labute approximate surface area is 412 Å². The third kappa shape index (κ3) is 17.0. The largest absolute Gasteiger partial charge is 0.471 e. The molecule has 71 heavy (non-hydrogen) atoms. The number of carbonyl (C=O) groups excluding carboxylic acids is 2. The SMILES string of the molecule is CCOP(C)(=O)CO.CCOP(C)(=O)COC1OC(n2ccc(=O)[nH]c2=O)C(F)(F)C1I.CCOP(C)(=O)COC1OC(n2ccc(=O)[nH]c2=O)C(F)(F)C1O.O=C1C=CN(C2OC=CC2(F)F)C(=O)C1. The van der Waals surface area contributed by atoms with Crippen LogP contribution >= 0.6 is 44.7 Å². The zero-order valence-electron chi connectivity index (χ0n) is 38.3. The van der Waals surface area contributed by atoms with Crippen LogP contribution in [0.1, 0.15) is 39.6 Å². The van der Waals surface area contributed by atoms with Crippen molar-refractivity contribution in [1.29, 1.82) is 0 Å². The molecule has 10 unspecified atom stereocenters. The van der Waals surface area contributed by atoms with E-state index >= 15 is 0 Å². The van der Waals surface area contributed by atoms with Crippen LogP contribution < -0.4 is 22.5 Å². The Morgan fingerprint density at radius 2 is 1.18 bits per heavy atom. The van der Waals surface area contributed by atoms with Crippen LogP contribution in [-0.2, 0) is 60.5 Å². The van der Waals surface area contributed by atoms with Crippen LogP contribution in [0.25, 0.3) is 0 Å². The molecule has 10 atom stereocenters. The van der Waals surface area contributed by atoms with Gasteiger partial charge in [0.15, 0.2) is 24.5 Å². The number of amides is 1. The summed E-state index contributed by atoms with van der Waals surface area (Å²) in [5.41, 5.74) is -3.63. The Balaban J connectivity index is 0.000000267. The number of nitrogens with one attached hydrogen (secondary N) is 2. The maximum absolute atomic E-state index is 14.4. The molecule has 2 aromatic heterocycles. The minimum absolute atomic E-state index is 0.136. The smallest absolute Gasteiger partial charge is 0.330 e. The second-order valence-corrected chi connectivity index (χ2v) is 24.2. The summed E-state index contributed by atoms with van der Waals surface area (Å²) in [6.45, 7) is 9.71. The van der Waals surface area contributed by atoms with Gasteiger partial charge in [-0.15, -0.1) is 0 Å². The van der Waals surface area contributed by atoms with Gasteiger partial charge in [-0.2, -0.15) is 17.6 Å². The highest BCUT2D eigenvalue weighted by atomic mass is 127. The molecule has 2 aromatic rings. The summed E-state index contributed by atoms with van der Waals surface area (Å²) in [5.74, 6) is -11.6. The molecule has 6 heterocycles. The Morgan fingerprint density at radius 1 is 0.732 bits per heavy atom. The van der Waals surface area contributed by atoms with Gasteiger partial charge in [-0.25, -0.2) is 18.4 Å². The van der Waals surface area contributed by atoms with Gasteiger partial charge in [-0.05, 0) is 26.8 Å². The van der Waals surface area contributed by atoms with Gasteiger partial charge >= 0.3 is 29.1 Å². The molecule has 0 spiro atoms. The van der Waals surface area contributed by atoms with E-state index in [9.17, 15) is 73.9 Å². The molecule has 24 nitrogen and oxygen atoms in total. The fourth-order valence-electron chi connectivity index (χ4n) is 5.94. The highest BCUT2D eigenvalue weighted by Crippen LogP contribution is 2.50. The summed E-state index contributed by atoms with van der Waals surface area (Å²) in [6.07, 6.45) is -7.84. The zero-order valence-corrected chi connectivity index (χ0v) is 43.1. The second kappa shape index (κ2) is 25.6. The number of carbonyl (C=O) groups is 2. The third-order valence-corrected chi connectivity index (χ3v) is 14.8. The summed E-state index contributed by atoms with van der Waals surface area (Å²) in [5, 5.41) is 18.0. The van der Waals surface area contributed by atoms with Gasteiger partial charge in [0.1, 0.15) is 23.0 Å². The lowest BCUT2D eigenvalue weighted by atomic mass is 10.1. The van der Waals surface area contributed by atoms with Crippen molar-refractivity contribution in [3.05, 3.63) is 90.8 Å². The highest BCUT2D eigenvalue weighted by Gasteiger charge is 2.61. The molecule has 1 amide bonds. The summed E-state index contributed by atoms with van der Waals surface area (Å²) < 4.78 is 157. The van der Waals surface area contributed by atoms with Gasteiger partial charge in [-0.3, -0.25) is 56.9 Å². The topological polar surface area (TPSA) is 313 Å². The normalized spacial score (nSPS) is 27.4. The average molecular weight is 1200 g/mol. The molecule has 4 aliphatic rings. The van der Waals surface area contributed by atoms with Crippen LogP contribution in [0.5, 0.6) is 0 Å². The van der Waals surface area contributed by atoms with E-state index in [2.05, 4.69) is 9.26 Å². The molecule has 2 saturated heterocycles. The molecule has 0 bridgehead atoms. The Morgan fingerprint density at radius 3 is 1.59 bits per heavy atom. The van der Waals surface area contributed by atoms with E-state index < -0.39 is 134 Å². The van der Waals surface area contributed by atoms with Gasteiger partial charge in [0.25, 0.3) is 11.1 Å². The number of hydrogen-bond donors (Lipinski definition) is 4. The number of aromatic nitrogens is 4. The first-order valence-corrected chi connectivity index (χ1v) is 28.5. The molecule has 0 saturated carbocycles. The summed E-state index contributed by atoms with van der Waals surface area (Å²) >= 11 is 1.45. The zero-order chi connectivity index (χ0) is 53.9. The Kier molecular flexibility index (Phi) is 22.2. The van der Waals surface area contributed by atoms with E-state index in [0.717, 1.165) is 48.0 Å². The molecule has 2 fully saturated rings. The predicted octanol–water partition coefficient (Wildman–Crippen LogP) is 3.74. The molecule has 34 heteroatoms. The molecule has 0 aromatic carbocycles. The minimum Gasteiger partial charge on any atom is -0.471 e. The molecular formula is C37H51F6IN5O19P3. The number of aliphatic hydroxyl groups excluding tert-OH is 2. The van der Waals surface area contributed by atoms with Crippen molar-refractivity contribution in [2.45, 2.75) is 86.3 Å². The van der Waals surface area contributed by atoms with Gasteiger partial charge in [-0.1, -0.05) is 22.6 Å². The number of H-pyrrole nitrogens is 2. The van der Waals surface area contributed by atoms with Crippen molar-refractivity contribution in [2.75, 3.05) is 58.9 Å².